The van der Waals surface area contributed by atoms with Gasteiger partial charge in [-0.05, 0) is 49.9 Å². The Balaban J connectivity index is 2.88. The van der Waals surface area contributed by atoms with Gasteiger partial charge in [-0.2, -0.15) is 4.72 Å². The molecule has 1 atom stereocenters. The fourth-order valence-electron chi connectivity index (χ4n) is 1.83. The van der Waals surface area contributed by atoms with E-state index in [9.17, 15) is 18.0 Å². The largest absolute Gasteiger partial charge is 0.481 e. The lowest BCUT2D eigenvalue weighted by molar-refractivity contribution is -0.140. The van der Waals surface area contributed by atoms with Crippen molar-refractivity contribution in [3.63, 3.8) is 0 Å². The molecule has 0 saturated heterocycles. The molecule has 0 spiro atoms. The van der Waals surface area contributed by atoms with E-state index in [0.29, 0.717) is 0 Å². The minimum atomic E-state index is -3.97. The summed E-state index contributed by atoms with van der Waals surface area (Å²) >= 11 is 0. The second-order valence-corrected chi connectivity index (χ2v) is 6.76. The minimum absolute atomic E-state index is 0.0138. The molecule has 8 heteroatoms. The van der Waals surface area contributed by atoms with E-state index in [1.54, 1.807) is 13.0 Å². The molecule has 0 radical (unpaired) electrons. The fraction of sp³-hybridized carbons (Fsp3) is 0.429. The summed E-state index contributed by atoms with van der Waals surface area (Å²) in [6.07, 6.45) is -0.234. The van der Waals surface area contributed by atoms with Gasteiger partial charge in [-0.25, -0.2) is 8.42 Å². The first kappa shape index (κ1) is 18.1. The number of hydrogen-bond acceptors (Lipinski definition) is 4. The molecular formula is C14H19NO6S. The number of benzene rings is 1. The van der Waals surface area contributed by atoms with Gasteiger partial charge in [0, 0.05) is 6.42 Å². The summed E-state index contributed by atoms with van der Waals surface area (Å²) in [6, 6.07) is 3.16. The van der Waals surface area contributed by atoms with Crippen LogP contribution >= 0.6 is 0 Å². The van der Waals surface area contributed by atoms with Crippen LogP contribution in [0.4, 0.5) is 0 Å². The molecule has 0 saturated carbocycles. The highest BCUT2D eigenvalue weighted by Gasteiger charge is 2.25. The van der Waals surface area contributed by atoms with Crippen LogP contribution in [0.5, 0.6) is 0 Å². The first-order chi connectivity index (χ1) is 10.1. The molecule has 1 unspecified atom stereocenters. The molecule has 0 aliphatic carbocycles. The van der Waals surface area contributed by atoms with Crippen molar-refractivity contribution < 1.29 is 28.2 Å². The average Bonchev–Trinajstić information content (AvgIpc) is 2.40. The van der Waals surface area contributed by atoms with Gasteiger partial charge in [-0.15, -0.1) is 0 Å². The Labute approximate surface area is 129 Å². The van der Waals surface area contributed by atoms with Gasteiger partial charge in [-0.3, -0.25) is 9.59 Å². The van der Waals surface area contributed by atoms with E-state index in [1.807, 2.05) is 6.92 Å². The van der Waals surface area contributed by atoms with Crippen LogP contribution in [0.3, 0.4) is 0 Å². The first-order valence-corrected chi connectivity index (χ1v) is 8.16. The highest BCUT2D eigenvalue weighted by molar-refractivity contribution is 7.89. The van der Waals surface area contributed by atoms with Crippen molar-refractivity contribution in [3.8, 4) is 0 Å². The zero-order valence-corrected chi connectivity index (χ0v) is 13.2. The maximum atomic E-state index is 12.2. The summed E-state index contributed by atoms with van der Waals surface area (Å²) in [5.41, 5.74) is 1.70. The standard InChI is InChI=1S/C14H19NO6S/c1-9-6-7-11(8-10(9)2)22(20,21)15-12(14(18)19)4-3-5-13(16)17/h6-8,12,15H,3-5H2,1-2H3,(H,16,17)(H,18,19). The molecule has 7 nitrogen and oxygen atoms in total. The Morgan fingerprint density at radius 1 is 1.18 bits per heavy atom. The summed E-state index contributed by atoms with van der Waals surface area (Å²) in [7, 11) is -3.97. The van der Waals surface area contributed by atoms with Gasteiger partial charge in [0.25, 0.3) is 0 Å². The SMILES string of the molecule is Cc1ccc(S(=O)(=O)NC(CCCC(=O)O)C(=O)O)cc1C. The predicted octanol–water partition coefficient (Wildman–Crippen LogP) is 1.29. The summed E-state index contributed by atoms with van der Waals surface area (Å²) in [4.78, 5) is 21.6. The van der Waals surface area contributed by atoms with E-state index < -0.39 is 28.0 Å². The van der Waals surface area contributed by atoms with Crippen molar-refractivity contribution in [2.75, 3.05) is 0 Å². The molecule has 0 heterocycles. The second-order valence-electron chi connectivity index (χ2n) is 5.04. The van der Waals surface area contributed by atoms with Crippen LogP contribution < -0.4 is 4.72 Å². The van der Waals surface area contributed by atoms with Crippen molar-refractivity contribution in [3.05, 3.63) is 29.3 Å². The van der Waals surface area contributed by atoms with Gasteiger partial charge in [0.1, 0.15) is 6.04 Å². The van der Waals surface area contributed by atoms with Crippen molar-refractivity contribution in [1.82, 2.24) is 4.72 Å². The maximum absolute atomic E-state index is 12.2. The number of aliphatic carboxylic acids is 2. The third kappa shape index (κ3) is 5.12. The number of sulfonamides is 1. The smallest absolute Gasteiger partial charge is 0.321 e. The number of aryl methyl sites for hydroxylation is 2. The zero-order valence-electron chi connectivity index (χ0n) is 12.4. The molecule has 0 aromatic heterocycles. The molecule has 0 aliphatic heterocycles. The molecule has 1 aromatic rings. The van der Waals surface area contributed by atoms with Crippen molar-refractivity contribution in [1.29, 1.82) is 0 Å². The van der Waals surface area contributed by atoms with Crippen LogP contribution in [0.15, 0.2) is 23.1 Å². The number of rotatable bonds is 8. The van der Waals surface area contributed by atoms with Gasteiger partial charge in [-0.1, -0.05) is 6.07 Å². The van der Waals surface area contributed by atoms with Gasteiger partial charge in [0.05, 0.1) is 4.90 Å². The minimum Gasteiger partial charge on any atom is -0.481 e. The van der Waals surface area contributed by atoms with Crippen LogP contribution in [0.2, 0.25) is 0 Å². The number of carboxylic acid groups (broad SMARTS) is 2. The Kier molecular flexibility index (Phi) is 6.07. The Morgan fingerprint density at radius 3 is 2.32 bits per heavy atom. The monoisotopic (exact) mass is 329 g/mol. The molecule has 0 fully saturated rings. The summed E-state index contributed by atoms with van der Waals surface area (Å²) in [5, 5.41) is 17.6. The topological polar surface area (TPSA) is 121 Å². The molecule has 1 rings (SSSR count). The molecular weight excluding hydrogens is 310 g/mol. The summed E-state index contributed by atoms with van der Waals surface area (Å²) in [5.74, 6) is -2.39. The van der Waals surface area contributed by atoms with Crippen molar-refractivity contribution in [2.45, 2.75) is 44.0 Å². The molecule has 122 valence electrons. The average molecular weight is 329 g/mol. The molecule has 0 aliphatic rings. The maximum Gasteiger partial charge on any atom is 0.321 e. The quantitative estimate of drug-likeness (QED) is 0.661. The normalized spacial score (nSPS) is 12.8. The Hall–Kier alpha value is -1.93. The lowest BCUT2D eigenvalue weighted by atomic mass is 10.1. The lowest BCUT2D eigenvalue weighted by Gasteiger charge is -2.15. The van der Waals surface area contributed by atoms with Gasteiger partial charge in [0.15, 0.2) is 0 Å². The van der Waals surface area contributed by atoms with Crippen LogP contribution in [0.25, 0.3) is 0 Å². The lowest BCUT2D eigenvalue weighted by Crippen LogP contribution is -2.40. The number of nitrogens with one attached hydrogen (secondary N) is 1. The van der Waals surface area contributed by atoms with Crippen LogP contribution in [0, 0.1) is 13.8 Å². The van der Waals surface area contributed by atoms with Crippen LogP contribution in [0.1, 0.15) is 30.4 Å². The molecule has 3 N–H and O–H groups in total. The van der Waals surface area contributed by atoms with E-state index in [1.165, 1.54) is 12.1 Å². The van der Waals surface area contributed by atoms with Crippen LogP contribution in [-0.2, 0) is 19.6 Å². The highest BCUT2D eigenvalue weighted by Crippen LogP contribution is 2.16. The van der Waals surface area contributed by atoms with Crippen LogP contribution in [-0.4, -0.2) is 36.6 Å². The second kappa shape index (κ2) is 7.37. The fourth-order valence-corrected chi connectivity index (χ4v) is 3.14. The molecule has 1 aromatic carbocycles. The van der Waals surface area contributed by atoms with E-state index >= 15 is 0 Å². The van der Waals surface area contributed by atoms with Crippen molar-refractivity contribution >= 4 is 22.0 Å². The molecule has 0 amide bonds. The molecule has 22 heavy (non-hydrogen) atoms. The van der Waals surface area contributed by atoms with E-state index in [2.05, 4.69) is 4.72 Å². The Morgan fingerprint density at radius 2 is 1.82 bits per heavy atom. The van der Waals surface area contributed by atoms with Gasteiger partial charge in [0.2, 0.25) is 10.0 Å². The van der Waals surface area contributed by atoms with E-state index in [-0.39, 0.29) is 24.2 Å². The van der Waals surface area contributed by atoms with Gasteiger partial charge >= 0.3 is 11.9 Å². The summed E-state index contributed by atoms with van der Waals surface area (Å²) < 4.78 is 26.5. The number of carboxylic acids is 2. The van der Waals surface area contributed by atoms with Crippen molar-refractivity contribution in [2.24, 2.45) is 0 Å². The third-order valence-corrected chi connectivity index (χ3v) is 4.74. The third-order valence-electron chi connectivity index (χ3n) is 3.27. The number of carbonyl (C=O) groups is 2. The summed E-state index contributed by atoms with van der Waals surface area (Å²) in [6.45, 7) is 3.60. The van der Waals surface area contributed by atoms with E-state index in [4.69, 9.17) is 10.2 Å². The zero-order chi connectivity index (χ0) is 16.9. The molecule has 0 bridgehead atoms. The Bertz CT molecular complexity index is 668. The highest BCUT2D eigenvalue weighted by atomic mass is 32.2. The predicted molar refractivity (Wildman–Crippen MR) is 79.1 cm³/mol. The van der Waals surface area contributed by atoms with E-state index in [0.717, 1.165) is 11.1 Å². The first-order valence-electron chi connectivity index (χ1n) is 6.67. The van der Waals surface area contributed by atoms with Gasteiger partial charge < -0.3 is 10.2 Å². The number of hydrogen-bond donors (Lipinski definition) is 3.